The van der Waals surface area contributed by atoms with E-state index < -0.39 is 0 Å². The quantitative estimate of drug-likeness (QED) is 0.821. The van der Waals surface area contributed by atoms with Gasteiger partial charge in [-0.1, -0.05) is 39.8 Å². The van der Waals surface area contributed by atoms with Gasteiger partial charge in [0, 0.05) is 6.54 Å². The van der Waals surface area contributed by atoms with Gasteiger partial charge in [-0.25, -0.2) is 0 Å². The van der Waals surface area contributed by atoms with Gasteiger partial charge in [0.05, 0.1) is 0 Å². The van der Waals surface area contributed by atoms with Gasteiger partial charge >= 0.3 is 0 Å². The summed E-state index contributed by atoms with van der Waals surface area (Å²) in [5.74, 6) is 1.40. The van der Waals surface area contributed by atoms with Crippen LogP contribution in [0.4, 0.5) is 0 Å². The Bertz CT molecular complexity index is 364. The lowest BCUT2D eigenvalue weighted by Crippen LogP contribution is -2.08. The Kier molecular flexibility index (Phi) is 5.20. The summed E-state index contributed by atoms with van der Waals surface area (Å²) < 4.78 is 0. The molecule has 17 heavy (non-hydrogen) atoms. The largest absolute Gasteiger partial charge is 0.326 e. The summed E-state index contributed by atoms with van der Waals surface area (Å²) in [6.45, 7) is 11.9. The Morgan fingerprint density at radius 1 is 1.00 bits per heavy atom. The standard InChI is InChI=1S/C16H27N/c1-11(2)6-14-8-13(5)16(10-17)15(9-14)7-12(3)4/h8-9,11-12H,6-7,10,17H2,1-5H3. The Morgan fingerprint density at radius 2 is 1.59 bits per heavy atom. The van der Waals surface area contributed by atoms with E-state index in [9.17, 15) is 0 Å². The van der Waals surface area contributed by atoms with E-state index in [0.29, 0.717) is 18.4 Å². The monoisotopic (exact) mass is 233 g/mol. The predicted molar refractivity (Wildman–Crippen MR) is 76.2 cm³/mol. The molecular weight excluding hydrogens is 206 g/mol. The van der Waals surface area contributed by atoms with E-state index in [0.717, 1.165) is 12.8 Å². The second kappa shape index (κ2) is 6.20. The van der Waals surface area contributed by atoms with Crippen molar-refractivity contribution in [3.05, 3.63) is 34.4 Å². The van der Waals surface area contributed by atoms with Crippen LogP contribution < -0.4 is 5.73 Å². The SMILES string of the molecule is Cc1cc(CC(C)C)cc(CC(C)C)c1CN. The van der Waals surface area contributed by atoms with Gasteiger partial charge in [-0.05, 0) is 53.9 Å². The van der Waals surface area contributed by atoms with Gasteiger partial charge in [0.1, 0.15) is 0 Å². The molecule has 96 valence electrons. The highest BCUT2D eigenvalue weighted by Crippen LogP contribution is 2.22. The Morgan fingerprint density at radius 3 is 2.06 bits per heavy atom. The molecule has 0 atom stereocenters. The second-order valence-electron chi connectivity index (χ2n) is 5.95. The van der Waals surface area contributed by atoms with Crippen molar-refractivity contribution in [3.8, 4) is 0 Å². The molecule has 1 rings (SSSR count). The third-order valence-electron chi connectivity index (χ3n) is 3.10. The van der Waals surface area contributed by atoms with Gasteiger partial charge in [-0.3, -0.25) is 0 Å². The number of aryl methyl sites for hydroxylation is 1. The number of rotatable bonds is 5. The lowest BCUT2D eigenvalue weighted by molar-refractivity contribution is 0.631. The summed E-state index contributed by atoms with van der Waals surface area (Å²) in [4.78, 5) is 0. The van der Waals surface area contributed by atoms with Crippen LogP contribution in [0.1, 0.15) is 49.9 Å². The van der Waals surface area contributed by atoms with Gasteiger partial charge in [0.25, 0.3) is 0 Å². The number of hydrogen-bond donors (Lipinski definition) is 1. The van der Waals surface area contributed by atoms with Crippen molar-refractivity contribution in [3.63, 3.8) is 0 Å². The van der Waals surface area contributed by atoms with Crippen LogP contribution in [0.2, 0.25) is 0 Å². The van der Waals surface area contributed by atoms with E-state index in [-0.39, 0.29) is 0 Å². The van der Waals surface area contributed by atoms with Crippen LogP contribution in [0.25, 0.3) is 0 Å². The normalized spacial score (nSPS) is 11.5. The zero-order valence-corrected chi connectivity index (χ0v) is 12.0. The van der Waals surface area contributed by atoms with Crippen molar-refractivity contribution in [2.24, 2.45) is 17.6 Å². The molecule has 1 nitrogen and oxygen atoms in total. The zero-order valence-electron chi connectivity index (χ0n) is 12.0. The molecular formula is C16H27N. The molecule has 0 aliphatic rings. The van der Waals surface area contributed by atoms with Crippen LogP contribution in [-0.2, 0) is 19.4 Å². The summed E-state index contributed by atoms with van der Waals surface area (Å²) in [5, 5.41) is 0. The van der Waals surface area contributed by atoms with Crippen molar-refractivity contribution >= 4 is 0 Å². The highest BCUT2D eigenvalue weighted by molar-refractivity contribution is 5.39. The fourth-order valence-electron chi connectivity index (χ4n) is 2.47. The molecule has 0 bridgehead atoms. The minimum absolute atomic E-state index is 0.663. The minimum atomic E-state index is 0.663. The molecule has 2 N–H and O–H groups in total. The fraction of sp³-hybridized carbons (Fsp3) is 0.625. The lowest BCUT2D eigenvalue weighted by Gasteiger charge is -2.16. The first-order valence-electron chi connectivity index (χ1n) is 6.75. The highest BCUT2D eigenvalue weighted by Gasteiger charge is 2.09. The van der Waals surface area contributed by atoms with Gasteiger partial charge < -0.3 is 5.73 Å². The molecule has 0 amide bonds. The summed E-state index contributed by atoms with van der Waals surface area (Å²) >= 11 is 0. The van der Waals surface area contributed by atoms with Crippen LogP contribution >= 0.6 is 0 Å². The fourth-order valence-corrected chi connectivity index (χ4v) is 2.47. The molecule has 0 fully saturated rings. The molecule has 0 saturated carbocycles. The minimum Gasteiger partial charge on any atom is -0.326 e. The van der Waals surface area contributed by atoms with Crippen LogP contribution in [0.5, 0.6) is 0 Å². The smallest absolute Gasteiger partial charge is 0.0183 e. The van der Waals surface area contributed by atoms with Crippen LogP contribution in [-0.4, -0.2) is 0 Å². The van der Waals surface area contributed by atoms with Crippen molar-refractivity contribution in [2.45, 2.75) is 54.0 Å². The van der Waals surface area contributed by atoms with Crippen molar-refractivity contribution in [1.82, 2.24) is 0 Å². The van der Waals surface area contributed by atoms with Crippen molar-refractivity contribution < 1.29 is 0 Å². The maximum absolute atomic E-state index is 5.88. The third kappa shape index (κ3) is 4.16. The van der Waals surface area contributed by atoms with Gasteiger partial charge in [-0.15, -0.1) is 0 Å². The molecule has 0 saturated heterocycles. The molecule has 1 heteroatoms. The van der Waals surface area contributed by atoms with Crippen molar-refractivity contribution in [1.29, 1.82) is 0 Å². The van der Waals surface area contributed by atoms with E-state index in [1.165, 1.54) is 22.3 Å². The zero-order chi connectivity index (χ0) is 13.0. The number of benzene rings is 1. The predicted octanol–water partition coefficient (Wildman–Crippen LogP) is 3.85. The Labute approximate surface area is 106 Å². The summed E-state index contributed by atoms with van der Waals surface area (Å²) in [6.07, 6.45) is 2.30. The lowest BCUT2D eigenvalue weighted by atomic mass is 9.90. The topological polar surface area (TPSA) is 26.0 Å². The highest BCUT2D eigenvalue weighted by atomic mass is 14.5. The maximum Gasteiger partial charge on any atom is 0.0183 e. The van der Waals surface area contributed by atoms with E-state index >= 15 is 0 Å². The Hall–Kier alpha value is -0.820. The third-order valence-corrected chi connectivity index (χ3v) is 3.10. The van der Waals surface area contributed by atoms with Gasteiger partial charge in [-0.2, -0.15) is 0 Å². The maximum atomic E-state index is 5.88. The van der Waals surface area contributed by atoms with Crippen molar-refractivity contribution in [2.75, 3.05) is 0 Å². The molecule has 0 radical (unpaired) electrons. The van der Waals surface area contributed by atoms with E-state index in [1.54, 1.807) is 0 Å². The molecule has 0 aliphatic carbocycles. The molecule has 1 aromatic carbocycles. The molecule has 0 spiro atoms. The van der Waals surface area contributed by atoms with Crippen LogP contribution in [0.15, 0.2) is 12.1 Å². The van der Waals surface area contributed by atoms with E-state index in [1.807, 2.05) is 0 Å². The summed E-state index contributed by atoms with van der Waals surface area (Å²) in [7, 11) is 0. The number of nitrogens with two attached hydrogens (primary N) is 1. The second-order valence-corrected chi connectivity index (χ2v) is 5.95. The van der Waals surface area contributed by atoms with Gasteiger partial charge in [0.15, 0.2) is 0 Å². The first kappa shape index (κ1) is 14.2. The summed E-state index contributed by atoms with van der Waals surface area (Å²) in [6, 6.07) is 4.68. The molecule has 1 aromatic rings. The number of hydrogen-bond acceptors (Lipinski definition) is 1. The van der Waals surface area contributed by atoms with Crippen LogP contribution in [0.3, 0.4) is 0 Å². The van der Waals surface area contributed by atoms with E-state index in [4.69, 9.17) is 5.73 Å². The molecule has 0 aliphatic heterocycles. The molecule has 0 heterocycles. The molecule has 0 aromatic heterocycles. The average Bonchev–Trinajstić information content (AvgIpc) is 2.14. The average molecular weight is 233 g/mol. The van der Waals surface area contributed by atoms with Crippen LogP contribution in [0, 0.1) is 18.8 Å². The van der Waals surface area contributed by atoms with Gasteiger partial charge in [0.2, 0.25) is 0 Å². The molecule has 0 unspecified atom stereocenters. The Balaban J connectivity index is 3.09. The first-order chi connectivity index (χ1) is 7.93. The van der Waals surface area contributed by atoms with E-state index in [2.05, 4.69) is 46.8 Å². The first-order valence-corrected chi connectivity index (χ1v) is 6.75. The summed E-state index contributed by atoms with van der Waals surface area (Å²) in [5.41, 5.74) is 11.5.